The molecule has 0 aliphatic carbocycles. The van der Waals surface area contributed by atoms with Crippen molar-refractivity contribution in [1.29, 1.82) is 0 Å². The van der Waals surface area contributed by atoms with E-state index in [1.165, 1.54) is 0 Å². The number of ether oxygens (including phenoxy) is 1. The molecule has 1 aromatic rings. The Morgan fingerprint density at radius 3 is 2.54 bits per heavy atom. The van der Waals surface area contributed by atoms with E-state index in [0.717, 1.165) is 32.1 Å². The molecule has 0 spiro atoms. The van der Waals surface area contributed by atoms with E-state index in [-0.39, 0.29) is 24.1 Å². The number of aromatic nitrogens is 1. The van der Waals surface area contributed by atoms with Crippen LogP contribution in [0.5, 0.6) is 0 Å². The molecule has 0 unspecified atom stereocenters. The number of carbonyl (C=O) groups excluding carboxylic acids is 2. The first kappa shape index (κ1) is 18.7. The van der Waals surface area contributed by atoms with Gasteiger partial charge in [-0.1, -0.05) is 12.8 Å². The molecule has 2 fully saturated rings. The van der Waals surface area contributed by atoms with Crippen LogP contribution in [0.1, 0.15) is 63.2 Å². The van der Waals surface area contributed by atoms with Crippen LogP contribution in [0.4, 0.5) is 4.79 Å². The molecule has 2 aliphatic rings. The van der Waals surface area contributed by atoms with E-state index in [9.17, 15) is 9.59 Å². The molecule has 1 aromatic heterocycles. The standard InChI is InChI=1S/C20H29N3O3/c1-20(2,3)26-19(25)23-12-6-4-5-9-16-17(23)10-13-22(16)18(24)15-8-7-11-21-14-15/h7-8,11,14,16-17H,4-6,9-10,12-13H2,1-3H3/t16-,17-/m1/s1. The van der Waals surface area contributed by atoms with Crippen molar-refractivity contribution in [1.82, 2.24) is 14.8 Å². The third-order valence-electron chi connectivity index (χ3n) is 5.11. The zero-order valence-corrected chi connectivity index (χ0v) is 16.0. The summed E-state index contributed by atoms with van der Waals surface area (Å²) >= 11 is 0. The van der Waals surface area contributed by atoms with Gasteiger partial charge in [-0.2, -0.15) is 0 Å². The number of rotatable bonds is 1. The van der Waals surface area contributed by atoms with E-state index < -0.39 is 5.60 Å². The van der Waals surface area contributed by atoms with Crippen molar-refractivity contribution in [2.45, 2.75) is 70.6 Å². The molecule has 3 heterocycles. The minimum absolute atomic E-state index is 0.00955. The fraction of sp³-hybridized carbons (Fsp3) is 0.650. The van der Waals surface area contributed by atoms with Crippen molar-refractivity contribution in [2.75, 3.05) is 13.1 Å². The van der Waals surface area contributed by atoms with Crippen molar-refractivity contribution in [3.8, 4) is 0 Å². The molecule has 3 rings (SSSR count). The van der Waals surface area contributed by atoms with Gasteiger partial charge < -0.3 is 14.5 Å². The van der Waals surface area contributed by atoms with E-state index in [1.54, 1.807) is 24.5 Å². The first-order valence-electron chi connectivity index (χ1n) is 9.57. The summed E-state index contributed by atoms with van der Waals surface area (Å²) in [5.41, 5.74) is 0.0951. The number of amides is 2. The summed E-state index contributed by atoms with van der Waals surface area (Å²) in [6.07, 6.45) is 7.89. The van der Waals surface area contributed by atoms with Crippen LogP contribution in [0.15, 0.2) is 24.5 Å². The van der Waals surface area contributed by atoms with Gasteiger partial charge in [0.1, 0.15) is 5.60 Å². The van der Waals surface area contributed by atoms with Crippen LogP contribution in [-0.4, -0.2) is 57.6 Å². The summed E-state index contributed by atoms with van der Waals surface area (Å²) in [5, 5.41) is 0. The van der Waals surface area contributed by atoms with Gasteiger partial charge in [0, 0.05) is 25.5 Å². The maximum atomic E-state index is 13.0. The smallest absolute Gasteiger partial charge is 0.410 e. The van der Waals surface area contributed by atoms with Crippen LogP contribution in [-0.2, 0) is 4.74 Å². The van der Waals surface area contributed by atoms with Gasteiger partial charge >= 0.3 is 6.09 Å². The normalized spacial score (nSPS) is 23.8. The highest BCUT2D eigenvalue weighted by Crippen LogP contribution is 2.31. The van der Waals surface area contributed by atoms with E-state index in [0.29, 0.717) is 18.7 Å². The van der Waals surface area contributed by atoms with Crippen molar-refractivity contribution in [2.24, 2.45) is 0 Å². The number of fused-ring (bicyclic) bond motifs is 1. The molecule has 2 saturated heterocycles. The fourth-order valence-electron chi connectivity index (χ4n) is 3.98. The van der Waals surface area contributed by atoms with Crippen molar-refractivity contribution >= 4 is 12.0 Å². The molecule has 2 aliphatic heterocycles. The third-order valence-corrected chi connectivity index (χ3v) is 5.11. The second-order valence-electron chi connectivity index (χ2n) is 8.19. The quantitative estimate of drug-likeness (QED) is 0.770. The molecular weight excluding hydrogens is 330 g/mol. The van der Waals surface area contributed by atoms with Crippen LogP contribution in [0, 0.1) is 0 Å². The molecular formula is C20H29N3O3. The van der Waals surface area contributed by atoms with E-state index in [4.69, 9.17) is 4.74 Å². The molecule has 142 valence electrons. The van der Waals surface area contributed by atoms with Gasteiger partial charge in [-0.3, -0.25) is 9.78 Å². The zero-order chi connectivity index (χ0) is 18.7. The Morgan fingerprint density at radius 1 is 1.08 bits per heavy atom. The van der Waals surface area contributed by atoms with E-state index in [2.05, 4.69) is 4.98 Å². The van der Waals surface area contributed by atoms with Gasteiger partial charge in [0.25, 0.3) is 5.91 Å². The van der Waals surface area contributed by atoms with Crippen molar-refractivity contribution < 1.29 is 14.3 Å². The topological polar surface area (TPSA) is 62.7 Å². The van der Waals surface area contributed by atoms with Gasteiger partial charge in [-0.25, -0.2) is 4.79 Å². The van der Waals surface area contributed by atoms with E-state index in [1.807, 2.05) is 30.6 Å². The fourth-order valence-corrected chi connectivity index (χ4v) is 3.98. The average Bonchev–Trinajstić information content (AvgIpc) is 2.96. The summed E-state index contributed by atoms with van der Waals surface area (Å²) in [4.78, 5) is 33.6. The Morgan fingerprint density at radius 2 is 1.85 bits per heavy atom. The van der Waals surface area contributed by atoms with Crippen LogP contribution in [0.25, 0.3) is 0 Å². The van der Waals surface area contributed by atoms with Gasteiger partial charge in [0.05, 0.1) is 17.6 Å². The predicted molar refractivity (Wildman–Crippen MR) is 98.9 cm³/mol. The lowest BCUT2D eigenvalue weighted by atomic mass is 9.97. The zero-order valence-electron chi connectivity index (χ0n) is 16.0. The maximum Gasteiger partial charge on any atom is 0.410 e. The Kier molecular flexibility index (Phi) is 5.49. The van der Waals surface area contributed by atoms with Crippen LogP contribution >= 0.6 is 0 Å². The van der Waals surface area contributed by atoms with Crippen LogP contribution in [0.3, 0.4) is 0 Å². The Bertz CT molecular complexity index is 641. The largest absolute Gasteiger partial charge is 0.444 e. The van der Waals surface area contributed by atoms with Gasteiger partial charge in [0.15, 0.2) is 0 Å². The lowest BCUT2D eigenvalue weighted by Gasteiger charge is -2.38. The first-order chi connectivity index (χ1) is 12.4. The van der Waals surface area contributed by atoms with Crippen molar-refractivity contribution in [3.05, 3.63) is 30.1 Å². The monoisotopic (exact) mass is 359 g/mol. The lowest BCUT2D eigenvalue weighted by Crippen LogP contribution is -2.51. The molecule has 0 radical (unpaired) electrons. The highest BCUT2D eigenvalue weighted by molar-refractivity contribution is 5.94. The summed E-state index contributed by atoms with van der Waals surface area (Å²) in [5.74, 6) is 0.00955. The van der Waals surface area contributed by atoms with Gasteiger partial charge in [0.2, 0.25) is 0 Å². The SMILES string of the molecule is CC(C)(C)OC(=O)N1CCCCC[C@@H]2[C@H]1CCN2C(=O)c1cccnc1. The molecule has 0 aromatic carbocycles. The first-order valence-corrected chi connectivity index (χ1v) is 9.57. The predicted octanol–water partition coefficient (Wildman–Crippen LogP) is 3.48. The third kappa shape index (κ3) is 4.17. The molecule has 2 atom stereocenters. The summed E-state index contributed by atoms with van der Waals surface area (Å²) in [6, 6.07) is 3.67. The molecule has 6 heteroatoms. The second kappa shape index (κ2) is 7.64. The highest BCUT2D eigenvalue weighted by Gasteiger charge is 2.43. The lowest BCUT2D eigenvalue weighted by molar-refractivity contribution is 0.00898. The molecule has 2 amide bonds. The number of likely N-dealkylation sites (tertiary alicyclic amines) is 2. The molecule has 6 nitrogen and oxygen atoms in total. The second-order valence-corrected chi connectivity index (χ2v) is 8.19. The van der Waals surface area contributed by atoms with Gasteiger partial charge in [-0.15, -0.1) is 0 Å². The molecule has 0 bridgehead atoms. The summed E-state index contributed by atoms with van der Waals surface area (Å²) < 4.78 is 5.64. The minimum atomic E-state index is -0.515. The number of carbonyl (C=O) groups is 2. The Labute approximate surface area is 155 Å². The Balaban J connectivity index is 1.80. The molecule has 0 saturated carbocycles. The molecule has 26 heavy (non-hydrogen) atoms. The number of hydrogen-bond donors (Lipinski definition) is 0. The summed E-state index contributed by atoms with van der Waals surface area (Å²) in [7, 11) is 0. The number of pyridine rings is 1. The number of hydrogen-bond acceptors (Lipinski definition) is 4. The van der Waals surface area contributed by atoms with Crippen LogP contribution < -0.4 is 0 Å². The highest BCUT2D eigenvalue weighted by atomic mass is 16.6. The van der Waals surface area contributed by atoms with E-state index >= 15 is 0 Å². The summed E-state index contributed by atoms with van der Waals surface area (Å²) in [6.45, 7) is 7.03. The van der Waals surface area contributed by atoms with Gasteiger partial charge in [-0.05, 0) is 52.2 Å². The minimum Gasteiger partial charge on any atom is -0.444 e. The number of nitrogens with zero attached hydrogens (tertiary/aromatic N) is 3. The Hall–Kier alpha value is -2.11. The van der Waals surface area contributed by atoms with Crippen LogP contribution in [0.2, 0.25) is 0 Å². The van der Waals surface area contributed by atoms with Crippen molar-refractivity contribution in [3.63, 3.8) is 0 Å². The maximum absolute atomic E-state index is 13.0. The molecule has 0 N–H and O–H groups in total. The average molecular weight is 359 g/mol.